The van der Waals surface area contributed by atoms with E-state index in [9.17, 15) is 9.59 Å². The maximum absolute atomic E-state index is 12.7. The molecule has 0 saturated carbocycles. The molecule has 1 fully saturated rings. The van der Waals surface area contributed by atoms with Crippen LogP contribution in [0.1, 0.15) is 29.6 Å². The van der Waals surface area contributed by atoms with Crippen molar-refractivity contribution < 1.29 is 9.59 Å². The van der Waals surface area contributed by atoms with E-state index < -0.39 is 0 Å². The number of amides is 2. The predicted molar refractivity (Wildman–Crippen MR) is 99.2 cm³/mol. The van der Waals surface area contributed by atoms with Gasteiger partial charge in [0.2, 0.25) is 5.91 Å². The molecular formula is C21H21N3O2. The minimum atomic E-state index is -0.242. The first kappa shape index (κ1) is 17.7. The van der Waals surface area contributed by atoms with E-state index in [1.54, 1.807) is 0 Å². The zero-order valence-electron chi connectivity index (χ0n) is 14.5. The van der Waals surface area contributed by atoms with E-state index in [4.69, 9.17) is 5.26 Å². The van der Waals surface area contributed by atoms with Gasteiger partial charge < -0.3 is 10.2 Å². The summed E-state index contributed by atoms with van der Waals surface area (Å²) in [6.07, 6.45) is 1.31. The van der Waals surface area contributed by atoms with Crippen LogP contribution in [0.5, 0.6) is 0 Å². The van der Waals surface area contributed by atoms with Crippen LogP contribution in [0, 0.1) is 11.3 Å². The summed E-state index contributed by atoms with van der Waals surface area (Å²) in [6.45, 7) is 1.22. The molecule has 0 aliphatic carbocycles. The summed E-state index contributed by atoms with van der Waals surface area (Å²) in [5, 5.41) is 11.4. The van der Waals surface area contributed by atoms with Crippen LogP contribution in [0.4, 0.5) is 0 Å². The van der Waals surface area contributed by atoms with E-state index in [0.29, 0.717) is 31.5 Å². The number of hydrogen-bond donors (Lipinski definition) is 1. The highest BCUT2D eigenvalue weighted by Crippen LogP contribution is 2.21. The van der Waals surface area contributed by atoms with Crippen molar-refractivity contribution in [3.8, 4) is 17.2 Å². The Morgan fingerprint density at radius 2 is 1.62 bits per heavy atom. The molecule has 0 spiro atoms. The fourth-order valence-electron chi connectivity index (χ4n) is 3.20. The Labute approximate surface area is 153 Å². The van der Waals surface area contributed by atoms with E-state index in [-0.39, 0.29) is 24.3 Å². The Balaban J connectivity index is 1.57. The SMILES string of the molecule is N#CCC(=O)NC1CCN(C(=O)c2ccc(-c3ccccc3)cc2)CC1. The predicted octanol–water partition coefficient (Wildman–Crippen LogP) is 2.99. The quantitative estimate of drug-likeness (QED) is 0.924. The molecule has 2 aromatic carbocycles. The maximum Gasteiger partial charge on any atom is 0.253 e. The number of nitrogens with one attached hydrogen (secondary N) is 1. The average Bonchev–Trinajstić information content (AvgIpc) is 2.69. The minimum absolute atomic E-state index is 0.0198. The van der Waals surface area contributed by atoms with Gasteiger partial charge in [0.15, 0.2) is 0 Å². The van der Waals surface area contributed by atoms with Gasteiger partial charge in [0.25, 0.3) is 5.91 Å². The molecular weight excluding hydrogens is 326 g/mol. The molecule has 1 aliphatic heterocycles. The topological polar surface area (TPSA) is 73.2 Å². The molecule has 0 radical (unpaired) electrons. The second-order valence-corrected chi connectivity index (χ2v) is 6.41. The van der Waals surface area contributed by atoms with Crippen molar-refractivity contribution in [2.75, 3.05) is 13.1 Å². The monoisotopic (exact) mass is 347 g/mol. The van der Waals surface area contributed by atoms with Gasteiger partial charge in [-0.25, -0.2) is 0 Å². The summed E-state index contributed by atoms with van der Waals surface area (Å²) in [6, 6.07) is 19.6. The van der Waals surface area contributed by atoms with E-state index in [2.05, 4.69) is 5.32 Å². The van der Waals surface area contributed by atoms with Gasteiger partial charge in [0, 0.05) is 24.7 Å². The lowest BCUT2D eigenvalue weighted by molar-refractivity contribution is -0.121. The van der Waals surface area contributed by atoms with Crippen LogP contribution in [0.3, 0.4) is 0 Å². The van der Waals surface area contributed by atoms with E-state index >= 15 is 0 Å². The zero-order chi connectivity index (χ0) is 18.4. The van der Waals surface area contributed by atoms with Crippen molar-refractivity contribution in [3.63, 3.8) is 0 Å². The van der Waals surface area contributed by atoms with Crippen molar-refractivity contribution in [1.29, 1.82) is 5.26 Å². The number of piperidine rings is 1. The van der Waals surface area contributed by atoms with Gasteiger partial charge >= 0.3 is 0 Å². The lowest BCUT2D eigenvalue weighted by Gasteiger charge is -2.32. The summed E-state index contributed by atoms with van der Waals surface area (Å²) >= 11 is 0. The first-order valence-corrected chi connectivity index (χ1v) is 8.78. The minimum Gasteiger partial charge on any atom is -0.352 e. The number of carbonyl (C=O) groups excluding carboxylic acids is 2. The Morgan fingerprint density at radius 3 is 2.23 bits per heavy atom. The van der Waals surface area contributed by atoms with E-state index in [1.807, 2.05) is 65.6 Å². The maximum atomic E-state index is 12.7. The van der Waals surface area contributed by atoms with Crippen molar-refractivity contribution >= 4 is 11.8 Å². The van der Waals surface area contributed by atoms with Crippen LogP contribution in [-0.2, 0) is 4.79 Å². The number of hydrogen-bond acceptors (Lipinski definition) is 3. The summed E-state index contributed by atoms with van der Waals surface area (Å²) in [5.41, 5.74) is 2.89. The first-order chi connectivity index (χ1) is 12.7. The van der Waals surface area contributed by atoms with Crippen molar-refractivity contribution in [3.05, 3.63) is 60.2 Å². The second kappa shape index (κ2) is 8.30. The molecule has 0 atom stereocenters. The smallest absolute Gasteiger partial charge is 0.253 e. The highest BCUT2D eigenvalue weighted by molar-refractivity contribution is 5.94. The first-order valence-electron chi connectivity index (χ1n) is 8.78. The second-order valence-electron chi connectivity index (χ2n) is 6.41. The molecule has 2 amide bonds. The molecule has 2 aromatic rings. The third kappa shape index (κ3) is 4.28. The lowest BCUT2D eigenvalue weighted by Crippen LogP contribution is -2.46. The Bertz CT molecular complexity index is 801. The van der Waals surface area contributed by atoms with E-state index in [0.717, 1.165) is 11.1 Å². The number of rotatable bonds is 4. The zero-order valence-corrected chi connectivity index (χ0v) is 14.5. The van der Waals surface area contributed by atoms with Gasteiger partial charge in [-0.1, -0.05) is 42.5 Å². The molecule has 1 saturated heterocycles. The molecule has 1 aliphatic rings. The lowest BCUT2D eigenvalue weighted by atomic mass is 10.0. The molecule has 3 rings (SSSR count). The normalized spacial score (nSPS) is 14.5. The van der Waals surface area contributed by atoms with Crippen LogP contribution in [0.15, 0.2) is 54.6 Å². The molecule has 132 valence electrons. The van der Waals surface area contributed by atoms with Crippen molar-refractivity contribution in [2.24, 2.45) is 0 Å². The standard InChI is InChI=1S/C21H21N3O2/c22-13-10-20(25)23-19-11-14-24(15-12-19)21(26)18-8-6-17(7-9-18)16-4-2-1-3-5-16/h1-9,19H,10-12,14-15H2,(H,23,25). The fourth-order valence-corrected chi connectivity index (χ4v) is 3.20. The Kier molecular flexibility index (Phi) is 5.65. The van der Waals surface area contributed by atoms with E-state index in [1.165, 1.54) is 0 Å². The molecule has 1 N–H and O–H groups in total. The summed E-state index contributed by atoms with van der Waals surface area (Å²) in [4.78, 5) is 26.0. The van der Waals surface area contributed by atoms with Gasteiger partial charge in [-0.15, -0.1) is 0 Å². The molecule has 5 heteroatoms. The molecule has 0 aromatic heterocycles. The van der Waals surface area contributed by atoms with Gasteiger partial charge in [-0.3, -0.25) is 9.59 Å². The number of likely N-dealkylation sites (tertiary alicyclic amines) is 1. The molecule has 26 heavy (non-hydrogen) atoms. The van der Waals surface area contributed by atoms with Crippen LogP contribution in [-0.4, -0.2) is 35.8 Å². The molecule has 0 bridgehead atoms. The number of carbonyl (C=O) groups is 2. The Hall–Kier alpha value is -3.13. The largest absolute Gasteiger partial charge is 0.352 e. The van der Waals surface area contributed by atoms with Crippen LogP contribution in [0.25, 0.3) is 11.1 Å². The molecule has 1 heterocycles. The van der Waals surface area contributed by atoms with Gasteiger partial charge in [-0.05, 0) is 36.1 Å². The summed E-state index contributed by atoms with van der Waals surface area (Å²) < 4.78 is 0. The highest BCUT2D eigenvalue weighted by atomic mass is 16.2. The Morgan fingerprint density at radius 1 is 1.00 bits per heavy atom. The molecule has 0 unspecified atom stereocenters. The van der Waals surface area contributed by atoms with Gasteiger partial charge in [0.05, 0.1) is 6.07 Å². The van der Waals surface area contributed by atoms with Gasteiger partial charge in [-0.2, -0.15) is 5.26 Å². The fraction of sp³-hybridized carbons (Fsp3) is 0.286. The van der Waals surface area contributed by atoms with Crippen LogP contribution in [0.2, 0.25) is 0 Å². The highest BCUT2D eigenvalue weighted by Gasteiger charge is 2.24. The van der Waals surface area contributed by atoms with Gasteiger partial charge in [0.1, 0.15) is 6.42 Å². The summed E-state index contributed by atoms with van der Waals surface area (Å²) in [5.74, 6) is -0.222. The third-order valence-corrected chi connectivity index (χ3v) is 4.63. The van der Waals surface area contributed by atoms with Crippen molar-refractivity contribution in [2.45, 2.75) is 25.3 Å². The third-order valence-electron chi connectivity index (χ3n) is 4.63. The van der Waals surface area contributed by atoms with Crippen LogP contribution < -0.4 is 5.32 Å². The number of nitriles is 1. The van der Waals surface area contributed by atoms with Crippen molar-refractivity contribution in [1.82, 2.24) is 10.2 Å². The average molecular weight is 347 g/mol. The van der Waals surface area contributed by atoms with Crippen LogP contribution >= 0.6 is 0 Å². The number of nitrogens with zero attached hydrogens (tertiary/aromatic N) is 2. The summed E-state index contributed by atoms with van der Waals surface area (Å²) in [7, 11) is 0. The molecule has 5 nitrogen and oxygen atoms in total. The number of benzene rings is 2.